The molecule has 2 amide bonds. The monoisotopic (exact) mass is 400 g/mol. The number of nitrogens with one attached hydrogen (secondary N) is 1. The highest BCUT2D eigenvalue weighted by Gasteiger charge is 2.32. The molecule has 0 spiro atoms. The normalized spacial score (nSPS) is 16.7. The van der Waals surface area contributed by atoms with Crippen molar-refractivity contribution in [3.05, 3.63) is 59.7 Å². The van der Waals surface area contributed by atoms with Crippen LogP contribution < -0.4 is 14.8 Å². The van der Waals surface area contributed by atoms with Gasteiger partial charge in [-0.15, -0.1) is 11.8 Å². The minimum atomic E-state index is -0.265. The van der Waals surface area contributed by atoms with Crippen LogP contribution >= 0.6 is 11.8 Å². The Balaban J connectivity index is 1.78. The number of amides is 2. The van der Waals surface area contributed by atoms with Gasteiger partial charge in [-0.05, 0) is 44.0 Å². The van der Waals surface area contributed by atoms with E-state index in [1.54, 1.807) is 18.9 Å². The van der Waals surface area contributed by atoms with Gasteiger partial charge in [0.2, 0.25) is 0 Å². The Hall–Kier alpha value is -2.34. The Morgan fingerprint density at radius 2 is 1.93 bits per heavy atom. The van der Waals surface area contributed by atoms with Crippen LogP contribution in [0.4, 0.5) is 4.79 Å². The molecule has 1 fully saturated rings. The first-order chi connectivity index (χ1) is 13.4. The number of ether oxygens (including phenoxy) is 2. The number of thioether (sulfide) groups is 1. The minimum absolute atomic E-state index is 0.0349. The van der Waals surface area contributed by atoms with Crippen molar-refractivity contribution in [2.24, 2.45) is 0 Å². The molecular weight excluding hydrogens is 372 g/mol. The van der Waals surface area contributed by atoms with Crippen molar-refractivity contribution in [1.82, 2.24) is 10.2 Å². The third-order valence-corrected chi connectivity index (χ3v) is 5.60. The highest BCUT2D eigenvalue weighted by atomic mass is 32.2. The van der Waals surface area contributed by atoms with Crippen LogP contribution in [-0.4, -0.2) is 35.9 Å². The van der Waals surface area contributed by atoms with Crippen LogP contribution in [-0.2, 0) is 6.61 Å². The fraction of sp³-hybridized carbons (Fsp3) is 0.409. The molecule has 0 saturated carbocycles. The molecule has 0 unspecified atom stereocenters. The molecule has 1 aliphatic rings. The summed E-state index contributed by atoms with van der Waals surface area (Å²) in [5.41, 5.74) is 1.87. The highest BCUT2D eigenvalue weighted by Crippen LogP contribution is 2.41. The Morgan fingerprint density at radius 3 is 2.61 bits per heavy atom. The van der Waals surface area contributed by atoms with Crippen LogP contribution in [0.2, 0.25) is 0 Å². The SMILES string of the molecule is COc1ccc([C@@H]2SCCN2C(=O)NC(C)(C)C)cc1OCc1ccccc1. The van der Waals surface area contributed by atoms with Crippen LogP contribution in [0.25, 0.3) is 0 Å². The van der Waals surface area contributed by atoms with Crippen LogP contribution in [0, 0.1) is 0 Å². The molecule has 1 heterocycles. The van der Waals surface area contributed by atoms with Crippen molar-refractivity contribution < 1.29 is 14.3 Å². The molecule has 1 N–H and O–H groups in total. The van der Waals surface area contributed by atoms with E-state index in [-0.39, 0.29) is 16.9 Å². The molecule has 1 aliphatic heterocycles. The molecule has 0 aromatic heterocycles. The Labute approximate surface area is 171 Å². The van der Waals surface area contributed by atoms with E-state index in [0.29, 0.717) is 18.1 Å². The molecule has 5 nitrogen and oxygen atoms in total. The number of nitrogens with zero attached hydrogens (tertiary/aromatic N) is 1. The van der Waals surface area contributed by atoms with Crippen molar-refractivity contribution in [2.45, 2.75) is 38.3 Å². The second-order valence-electron chi connectivity index (χ2n) is 7.78. The van der Waals surface area contributed by atoms with Crippen molar-refractivity contribution in [1.29, 1.82) is 0 Å². The van der Waals surface area contributed by atoms with Gasteiger partial charge in [0, 0.05) is 17.8 Å². The average Bonchev–Trinajstić information content (AvgIpc) is 3.15. The fourth-order valence-corrected chi connectivity index (χ4v) is 4.29. The summed E-state index contributed by atoms with van der Waals surface area (Å²) in [5, 5.41) is 3.03. The third-order valence-electron chi connectivity index (χ3n) is 4.34. The predicted octanol–water partition coefficient (Wildman–Crippen LogP) is 4.83. The molecule has 1 saturated heterocycles. The lowest BCUT2D eigenvalue weighted by Crippen LogP contribution is -2.48. The van der Waals surface area contributed by atoms with Gasteiger partial charge in [0.25, 0.3) is 0 Å². The zero-order valence-electron chi connectivity index (χ0n) is 16.9. The zero-order chi connectivity index (χ0) is 20.1. The quantitative estimate of drug-likeness (QED) is 0.781. The van der Waals surface area contributed by atoms with Crippen LogP contribution in [0.15, 0.2) is 48.5 Å². The van der Waals surface area contributed by atoms with Crippen LogP contribution in [0.1, 0.15) is 37.3 Å². The largest absolute Gasteiger partial charge is 0.493 e. The number of rotatable bonds is 5. The van der Waals surface area contributed by atoms with E-state index in [9.17, 15) is 4.79 Å². The maximum atomic E-state index is 12.7. The van der Waals surface area contributed by atoms with Gasteiger partial charge in [-0.25, -0.2) is 4.79 Å². The van der Waals surface area contributed by atoms with Gasteiger partial charge in [-0.1, -0.05) is 36.4 Å². The molecule has 2 aromatic rings. The van der Waals surface area contributed by atoms with E-state index < -0.39 is 0 Å². The van der Waals surface area contributed by atoms with Crippen molar-refractivity contribution in [2.75, 3.05) is 19.4 Å². The van der Waals surface area contributed by atoms with Crippen molar-refractivity contribution in [3.8, 4) is 11.5 Å². The maximum absolute atomic E-state index is 12.7. The summed E-state index contributed by atoms with van der Waals surface area (Å²) in [4.78, 5) is 14.6. The summed E-state index contributed by atoms with van der Waals surface area (Å²) in [6.45, 7) is 7.17. The van der Waals surface area contributed by atoms with Crippen LogP contribution in [0.5, 0.6) is 11.5 Å². The molecule has 28 heavy (non-hydrogen) atoms. The van der Waals surface area contributed by atoms with E-state index >= 15 is 0 Å². The predicted molar refractivity (Wildman–Crippen MR) is 114 cm³/mol. The molecule has 3 rings (SSSR count). The number of hydrogen-bond acceptors (Lipinski definition) is 4. The van der Waals surface area contributed by atoms with Crippen molar-refractivity contribution in [3.63, 3.8) is 0 Å². The van der Waals surface area contributed by atoms with Crippen LogP contribution in [0.3, 0.4) is 0 Å². The Morgan fingerprint density at radius 1 is 1.18 bits per heavy atom. The lowest BCUT2D eigenvalue weighted by molar-refractivity contribution is 0.191. The summed E-state index contributed by atoms with van der Waals surface area (Å²) >= 11 is 1.76. The molecule has 150 valence electrons. The molecule has 0 aliphatic carbocycles. The lowest BCUT2D eigenvalue weighted by atomic mass is 10.1. The van der Waals surface area contributed by atoms with Gasteiger partial charge >= 0.3 is 6.03 Å². The smallest absolute Gasteiger partial charge is 0.319 e. The second kappa shape index (κ2) is 8.78. The average molecular weight is 401 g/mol. The first kappa shape index (κ1) is 20.4. The maximum Gasteiger partial charge on any atom is 0.319 e. The molecule has 2 aromatic carbocycles. The van der Waals surface area contributed by atoms with Crippen molar-refractivity contribution >= 4 is 17.8 Å². The standard InChI is InChI=1S/C22H28N2O3S/c1-22(2,3)23-21(25)24-12-13-28-20(24)17-10-11-18(26-4)19(14-17)27-15-16-8-6-5-7-9-16/h5-11,14,20H,12-13,15H2,1-4H3,(H,23,25)/t20-/m0/s1. The molecule has 0 bridgehead atoms. The van der Waals surface area contributed by atoms with Gasteiger partial charge in [0.1, 0.15) is 12.0 Å². The molecular formula is C22H28N2O3S. The molecule has 1 atom stereocenters. The minimum Gasteiger partial charge on any atom is -0.493 e. The van der Waals surface area contributed by atoms with Gasteiger partial charge in [-0.2, -0.15) is 0 Å². The van der Waals surface area contributed by atoms with E-state index in [2.05, 4.69) is 5.32 Å². The van der Waals surface area contributed by atoms with Gasteiger partial charge in [-0.3, -0.25) is 0 Å². The number of benzene rings is 2. The summed E-state index contributed by atoms with van der Waals surface area (Å²) in [6.07, 6.45) is 0. The zero-order valence-corrected chi connectivity index (χ0v) is 17.7. The molecule has 0 radical (unpaired) electrons. The summed E-state index contributed by atoms with van der Waals surface area (Å²) in [7, 11) is 1.64. The van der Waals surface area contributed by atoms with E-state index in [1.165, 1.54) is 0 Å². The third kappa shape index (κ3) is 5.13. The highest BCUT2D eigenvalue weighted by molar-refractivity contribution is 7.99. The van der Waals surface area contributed by atoms with E-state index in [0.717, 1.165) is 23.4 Å². The number of carbonyl (C=O) groups excluding carboxylic acids is 1. The molecule has 6 heteroatoms. The summed E-state index contributed by atoms with van der Waals surface area (Å²) in [5.74, 6) is 2.29. The van der Waals surface area contributed by atoms with Gasteiger partial charge < -0.3 is 19.7 Å². The number of urea groups is 1. The topological polar surface area (TPSA) is 50.8 Å². The Bertz CT molecular complexity index is 805. The lowest BCUT2D eigenvalue weighted by Gasteiger charge is -2.29. The Kier molecular flexibility index (Phi) is 6.39. The number of hydrogen-bond donors (Lipinski definition) is 1. The fourth-order valence-electron chi connectivity index (χ4n) is 3.04. The first-order valence-corrected chi connectivity index (χ1v) is 10.5. The summed E-state index contributed by atoms with van der Waals surface area (Å²) < 4.78 is 11.5. The number of methoxy groups -OCH3 is 1. The van der Waals surface area contributed by atoms with E-state index in [4.69, 9.17) is 9.47 Å². The van der Waals surface area contributed by atoms with Gasteiger partial charge in [0.15, 0.2) is 11.5 Å². The first-order valence-electron chi connectivity index (χ1n) is 9.42. The summed E-state index contributed by atoms with van der Waals surface area (Å²) in [6, 6.07) is 15.9. The van der Waals surface area contributed by atoms with Gasteiger partial charge in [0.05, 0.1) is 7.11 Å². The number of carbonyl (C=O) groups is 1. The second-order valence-corrected chi connectivity index (χ2v) is 8.97. The van der Waals surface area contributed by atoms with E-state index in [1.807, 2.05) is 74.2 Å².